The summed E-state index contributed by atoms with van der Waals surface area (Å²) >= 11 is 0. The molecule has 0 bridgehead atoms. The zero-order valence-corrected chi connectivity index (χ0v) is 13.8. The average Bonchev–Trinajstić information content (AvgIpc) is 2.56. The van der Waals surface area contributed by atoms with Gasteiger partial charge in [0.05, 0.1) is 30.5 Å². The summed E-state index contributed by atoms with van der Waals surface area (Å²) < 4.78 is 36.9. The molecule has 0 unspecified atom stereocenters. The number of nitrogens with one attached hydrogen (secondary N) is 2. The smallest absolute Gasteiger partial charge is 0.263 e. The predicted octanol–water partition coefficient (Wildman–Crippen LogP) is 1.95. The SMILES string of the molecule is COCCNc1ccc(NS(=O)(=O)c2ccc(OC)cc2)nc1. The van der Waals surface area contributed by atoms with E-state index in [0.717, 1.165) is 5.69 Å². The van der Waals surface area contributed by atoms with E-state index in [4.69, 9.17) is 9.47 Å². The molecule has 2 aromatic rings. The van der Waals surface area contributed by atoms with Gasteiger partial charge in [0, 0.05) is 13.7 Å². The number of rotatable bonds is 8. The van der Waals surface area contributed by atoms with Gasteiger partial charge in [0.2, 0.25) is 0 Å². The van der Waals surface area contributed by atoms with Crippen LogP contribution in [0.3, 0.4) is 0 Å². The second-order valence-corrected chi connectivity index (χ2v) is 6.32. The summed E-state index contributed by atoms with van der Waals surface area (Å²) in [7, 11) is -0.537. The molecule has 1 aromatic carbocycles. The number of aromatic nitrogens is 1. The van der Waals surface area contributed by atoms with Gasteiger partial charge in [-0.1, -0.05) is 0 Å². The highest BCUT2D eigenvalue weighted by Gasteiger charge is 2.14. The standard InChI is InChI=1S/C15H19N3O4S/c1-21-10-9-16-12-3-8-15(17-11-12)18-23(19,20)14-6-4-13(22-2)5-7-14/h3-8,11,16H,9-10H2,1-2H3,(H,17,18). The number of pyridine rings is 1. The van der Waals surface area contributed by atoms with Gasteiger partial charge in [-0.15, -0.1) is 0 Å². The Morgan fingerprint density at radius 3 is 2.39 bits per heavy atom. The Kier molecular flexibility index (Phi) is 5.78. The minimum atomic E-state index is -3.68. The van der Waals surface area contributed by atoms with Crippen molar-refractivity contribution in [2.24, 2.45) is 0 Å². The Labute approximate surface area is 135 Å². The Morgan fingerprint density at radius 2 is 1.83 bits per heavy atom. The number of nitrogens with zero attached hydrogens (tertiary/aromatic N) is 1. The first kappa shape index (κ1) is 17.0. The lowest BCUT2D eigenvalue weighted by Gasteiger charge is -2.09. The lowest BCUT2D eigenvalue weighted by atomic mass is 10.3. The van der Waals surface area contributed by atoms with Crippen molar-refractivity contribution < 1.29 is 17.9 Å². The van der Waals surface area contributed by atoms with Crippen molar-refractivity contribution in [3.05, 3.63) is 42.6 Å². The summed E-state index contributed by atoms with van der Waals surface area (Å²) in [6.07, 6.45) is 1.56. The molecule has 0 radical (unpaired) electrons. The van der Waals surface area contributed by atoms with Gasteiger partial charge in [-0.05, 0) is 36.4 Å². The predicted molar refractivity (Wildman–Crippen MR) is 88.4 cm³/mol. The van der Waals surface area contributed by atoms with Crippen LogP contribution in [0, 0.1) is 0 Å². The van der Waals surface area contributed by atoms with Gasteiger partial charge in [0.1, 0.15) is 11.6 Å². The van der Waals surface area contributed by atoms with Crippen molar-refractivity contribution in [3.8, 4) is 5.75 Å². The van der Waals surface area contributed by atoms with Crippen molar-refractivity contribution in [2.45, 2.75) is 4.90 Å². The van der Waals surface area contributed by atoms with Crippen LogP contribution in [0.4, 0.5) is 11.5 Å². The molecule has 0 aliphatic heterocycles. The summed E-state index contributed by atoms with van der Waals surface area (Å²) in [6, 6.07) is 9.46. The van der Waals surface area contributed by atoms with E-state index in [1.54, 1.807) is 37.6 Å². The molecular weight excluding hydrogens is 318 g/mol. The molecule has 0 spiro atoms. The molecule has 0 saturated heterocycles. The van der Waals surface area contributed by atoms with E-state index in [-0.39, 0.29) is 10.7 Å². The third-order valence-corrected chi connectivity index (χ3v) is 4.38. The van der Waals surface area contributed by atoms with Crippen molar-refractivity contribution in [1.29, 1.82) is 0 Å². The molecule has 2 N–H and O–H groups in total. The lowest BCUT2D eigenvalue weighted by molar-refractivity contribution is 0.211. The average molecular weight is 337 g/mol. The van der Waals surface area contributed by atoms with E-state index in [9.17, 15) is 8.42 Å². The van der Waals surface area contributed by atoms with E-state index in [2.05, 4.69) is 15.0 Å². The van der Waals surface area contributed by atoms with Gasteiger partial charge < -0.3 is 14.8 Å². The number of ether oxygens (including phenoxy) is 2. The molecular formula is C15H19N3O4S. The van der Waals surface area contributed by atoms with Crippen LogP contribution in [-0.2, 0) is 14.8 Å². The number of methoxy groups -OCH3 is 2. The third kappa shape index (κ3) is 4.83. The monoisotopic (exact) mass is 337 g/mol. The Balaban J connectivity index is 2.04. The first-order valence-electron chi connectivity index (χ1n) is 6.91. The van der Waals surface area contributed by atoms with Gasteiger partial charge in [-0.25, -0.2) is 13.4 Å². The summed E-state index contributed by atoms with van der Waals surface area (Å²) in [5, 5.41) is 3.10. The van der Waals surface area contributed by atoms with Crippen molar-refractivity contribution >= 4 is 21.5 Å². The van der Waals surface area contributed by atoms with Crippen LogP contribution in [-0.4, -0.2) is 40.8 Å². The summed E-state index contributed by atoms with van der Waals surface area (Å²) in [5.74, 6) is 0.840. The lowest BCUT2D eigenvalue weighted by Crippen LogP contribution is -2.14. The largest absolute Gasteiger partial charge is 0.497 e. The third-order valence-electron chi connectivity index (χ3n) is 3.01. The number of benzene rings is 1. The van der Waals surface area contributed by atoms with Crippen LogP contribution >= 0.6 is 0 Å². The minimum absolute atomic E-state index is 0.141. The normalized spacial score (nSPS) is 11.0. The summed E-state index contributed by atoms with van der Waals surface area (Å²) in [4.78, 5) is 4.22. The number of hydrogen-bond donors (Lipinski definition) is 2. The van der Waals surface area contributed by atoms with E-state index in [1.165, 1.54) is 19.2 Å². The highest BCUT2D eigenvalue weighted by molar-refractivity contribution is 7.92. The molecule has 0 aliphatic rings. The first-order chi connectivity index (χ1) is 11.0. The van der Waals surface area contributed by atoms with Crippen LogP contribution in [0.15, 0.2) is 47.5 Å². The van der Waals surface area contributed by atoms with E-state index in [0.29, 0.717) is 18.9 Å². The van der Waals surface area contributed by atoms with E-state index < -0.39 is 10.0 Å². The number of anilines is 2. The van der Waals surface area contributed by atoms with Crippen LogP contribution < -0.4 is 14.8 Å². The number of hydrogen-bond acceptors (Lipinski definition) is 6. The van der Waals surface area contributed by atoms with Gasteiger partial charge in [-0.3, -0.25) is 4.72 Å². The molecule has 124 valence electrons. The van der Waals surface area contributed by atoms with Crippen molar-refractivity contribution in [3.63, 3.8) is 0 Å². The molecule has 0 atom stereocenters. The quantitative estimate of drug-likeness (QED) is 0.716. The van der Waals surface area contributed by atoms with Crippen LogP contribution in [0.2, 0.25) is 0 Å². The van der Waals surface area contributed by atoms with E-state index in [1.807, 2.05) is 0 Å². The zero-order valence-electron chi connectivity index (χ0n) is 12.9. The van der Waals surface area contributed by atoms with Crippen molar-refractivity contribution in [2.75, 3.05) is 37.4 Å². The van der Waals surface area contributed by atoms with Crippen LogP contribution in [0.5, 0.6) is 5.75 Å². The molecule has 8 heteroatoms. The van der Waals surface area contributed by atoms with Gasteiger partial charge >= 0.3 is 0 Å². The van der Waals surface area contributed by atoms with Crippen LogP contribution in [0.25, 0.3) is 0 Å². The van der Waals surface area contributed by atoms with Gasteiger partial charge in [0.25, 0.3) is 10.0 Å². The van der Waals surface area contributed by atoms with Gasteiger partial charge in [-0.2, -0.15) is 0 Å². The maximum absolute atomic E-state index is 12.3. The van der Waals surface area contributed by atoms with E-state index >= 15 is 0 Å². The topological polar surface area (TPSA) is 89.6 Å². The highest BCUT2D eigenvalue weighted by Crippen LogP contribution is 2.18. The molecule has 7 nitrogen and oxygen atoms in total. The molecule has 1 aromatic heterocycles. The minimum Gasteiger partial charge on any atom is -0.497 e. The molecule has 0 saturated carbocycles. The zero-order chi connectivity index (χ0) is 16.7. The second-order valence-electron chi connectivity index (χ2n) is 4.63. The fourth-order valence-electron chi connectivity index (χ4n) is 1.81. The molecule has 23 heavy (non-hydrogen) atoms. The molecule has 2 rings (SSSR count). The molecule has 1 heterocycles. The highest BCUT2D eigenvalue weighted by atomic mass is 32.2. The molecule has 0 amide bonds. The van der Waals surface area contributed by atoms with Crippen LogP contribution in [0.1, 0.15) is 0 Å². The van der Waals surface area contributed by atoms with Crippen molar-refractivity contribution in [1.82, 2.24) is 4.98 Å². The summed E-state index contributed by atoms with van der Waals surface area (Å²) in [6.45, 7) is 1.22. The Bertz CT molecular complexity index is 715. The molecule has 0 fully saturated rings. The maximum Gasteiger partial charge on any atom is 0.263 e. The molecule has 0 aliphatic carbocycles. The van der Waals surface area contributed by atoms with Gasteiger partial charge in [0.15, 0.2) is 0 Å². The fourth-order valence-corrected chi connectivity index (χ4v) is 2.82. The Morgan fingerprint density at radius 1 is 1.09 bits per heavy atom. The fraction of sp³-hybridized carbons (Fsp3) is 0.267. The first-order valence-corrected chi connectivity index (χ1v) is 8.39. The second kappa shape index (κ2) is 7.80. The number of sulfonamides is 1. The summed E-state index contributed by atoms with van der Waals surface area (Å²) in [5.41, 5.74) is 0.787. The Hall–Kier alpha value is -2.32. The maximum atomic E-state index is 12.3.